The SMILES string of the molecule is CCOC(=O)CN1C(=S)NC(c2ccccn2)C1c1cccn1-c1ccccc1C. The van der Waals surface area contributed by atoms with Gasteiger partial charge < -0.3 is 19.5 Å². The molecule has 154 valence electrons. The number of carbonyl (C=O) groups excluding carboxylic acids is 1. The first-order valence-corrected chi connectivity index (χ1v) is 10.4. The van der Waals surface area contributed by atoms with Gasteiger partial charge in [-0.25, -0.2) is 0 Å². The monoisotopic (exact) mass is 420 g/mol. The number of para-hydroxylation sites is 1. The van der Waals surface area contributed by atoms with Crippen molar-refractivity contribution in [1.82, 2.24) is 19.8 Å². The first-order valence-electron chi connectivity index (χ1n) is 9.97. The topological polar surface area (TPSA) is 59.4 Å². The van der Waals surface area contributed by atoms with Gasteiger partial charge in [-0.3, -0.25) is 9.78 Å². The van der Waals surface area contributed by atoms with Gasteiger partial charge in [-0.1, -0.05) is 24.3 Å². The lowest BCUT2D eigenvalue weighted by Crippen LogP contribution is -2.36. The Morgan fingerprint density at radius 1 is 1.17 bits per heavy atom. The summed E-state index contributed by atoms with van der Waals surface area (Å²) < 4.78 is 7.36. The molecule has 30 heavy (non-hydrogen) atoms. The summed E-state index contributed by atoms with van der Waals surface area (Å²) in [5.41, 5.74) is 4.14. The zero-order chi connectivity index (χ0) is 21.1. The number of nitrogens with zero attached hydrogens (tertiary/aromatic N) is 3. The molecule has 1 aromatic carbocycles. The van der Waals surface area contributed by atoms with Crippen LogP contribution in [0.5, 0.6) is 0 Å². The van der Waals surface area contributed by atoms with Crippen molar-refractivity contribution in [3.63, 3.8) is 0 Å². The summed E-state index contributed by atoms with van der Waals surface area (Å²) in [4.78, 5) is 18.8. The summed E-state index contributed by atoms with van der Waals surface area (Å²) in [6.45, 7) is 4.30. The summed E-state index contributed by atoms with van der Waals surface area (Å²) in [6.07, 6.45) is 3.81. The number of rotatable bonds is 6. The van der Waals surface area contributed by atoms with Crippen LogP contribution >= 0.6 is 12.2 Å². The first kappa shape index (κ1) is 20.1. The average molecular weight is 421 g/mol. The molecule has 1 aliphatic heterocycles. The van der Waals surface area contributed by atoms with Crippen molar-refractivity contribution in [3.05, 3.63) is 83.9 Å². The molecule has 3 aromatic rings. The smallest absolute Gasteiger partial charge is 0.325 e. The van der Waals surface area contributed by atoms with E-state index in [1.807, 2.05) is 47.5 Å². The highest BCUT2D eigenvalue weighted by Gasteiger charge is 2.42. The van der Waals surface area contributed by atoms with Crippen molar-refractivity contribution in [3.8, 4) is 5.69 Å². The molecule has 1 N–H and O–H groups in total. The number of thiocarbonyl (C=S) groups is 1. The lowest BCUT2D eigenvalue weighted by molar-refractivity contribution is -0.143. The fraction of sp³-hybridized carbons (Fsp3) is 0.261. The maximum absolute atomic E-state index is 12.3. The molecule has 1 fully saturated rings. The van der Waals surface area contributed by atoms with Crippen LogP contribution in [-0.2, 0) is 9.53 Å². The molecule has 0 spiro atoms. The molecule has 6 nitrogen and oxygen atoms in total. The molecule has 1 saturated heterocycles. The fourth-order valence-electron chi connectivity index (χ4n) is 3.93. The van der Waals surface area contributed by atoms with Gasteiger partial charge in [0.05, 0.1) is 24.4 Å². The van der Waals surface area contributed by atoms with Crippen LogP contribution in [0.2, 0.25) is 0 Å². The predicted octanol–water partition coefficient (Wildman–Crippen LogP) is 3.72. The third-order valence-electron chi connectivity index (χ3n) is 5.26. The van der Waals surface area contributed by atoms with E-state index in [-0.39, 0.29) is 24.6 Å². The minimum Gasteiger partial charge on any atom is -0.465 e. The van der Waals surface area contributed by atoms with E-state index in [0.29, 0.717) is 11.7 Å². The Labute approximate surface area is 181 Å². The summed E-state index contributed by atoms with van der Waals surface area (Å²) >= 11 is 5.63. The normalized spacial score (nSPS) is 18.3. The van der Waals surface area contributed by atoms with Crippen LogP contribution in [0.1, 0.15) is 36.0 Å². The number of esters is 1. The number of nitrogens with one attached hydrogen (secondary N) is 1. The summed E-state index contributed by atoms with van der Waals surface area (Å²) in [7, 11) is 0. The molecule has 2 atom stereocenters. The minimum absolute atomic E-state index is 0.0760. The number of aromatic nitrogens is 2. The Balaban J connectivity index is 1.80. The van der Waals surface area contributed by atoms with Crippen LogP contribution < -0.4 is 5.32 Å². The number of carbonyl (C=O) groups is 1. The molecule has 1 aliphatic rings. The second kappa shape index (κ2) is 8.67. The molecular weight excluding hydrogens is 396 g/mol. The molecule has 4 rings (SSSR count). The van der Waals surface area contributed by atoms with Gasteiger partial charge in [-0.2, -0.15) is 0 Å². The van der Waals surface area contributed by atoms with Gasteiger partial charge in [0.15, 0.2) is 5.11 Å². The van der Waals surface area contributed by atoms with Crippen molar-refractivity contribution in [1.29, 1.82) is 0 Å². The lowest BCUT2D eigenvalue weighted by Gasteiger charge is -2.28. The van der Waals surface area contributed by atoms with Crippen LogP contribution in [0.3, 0.4) is 0 Å². The number of pyridine rings is 1. The van der Waals surface area contributed by atoms with E-state index in [4.69, 9.17) is 17.0 Å². The molecule has 0 amide bonds. The van der Waals surface area contributed by atoms with Crippen LogP contribution in [0, 0.1) is 6.92 Å². The van der Waals surface area contributed by atoms with Gasteiger partial charge in [0, 0.05) is 23.8 Å². The third-order valence-corrected chi connectivity index (χ3v) is 5.61. The maximum atomic E-state index is 12.3. The van der Waals surface area contributed by atoms with Crippen molar-refractivity contribution in [2.75, 3.05) is 13.2 Å². The van der Waals surface area contributed by atoms with Crippen LogP contribution in [-0.4, -0.2) is 38.7 Å². The molecular formula is C23H24N4O2S. The molecule has 0 aliphatic carbocycles. The Hall–Kier alpha value is -3.19. The third kappa shape index (κ3) is 3.80. The quantitative estimate of drug-likeness (QED) is 0.485. The molecule has 0 radical (unpaired) electrons. The lowest BCUT2D eigenvalue weighted by atomic mass is 10.0. The maximum Gasteiger partial charge on any atom is 0.325 e. The van der Waals surface area contributed by atoms with E-state index in [1.54, 1.807) is 13.1 Å². The molecule has 0 saturated carbocycles. The van der Waals surface area contributed by atoms with Crippen molar-refractivity contribution >= 4 is 23.3 Å². The second-order valence-corrected chi connectivity index (χ2v) is 7.54. The zero-order valence-corrected chi connectivity index (χ0v) is 17.8. The van der Waals surface area contributed by atoms with Crippen molar-refractivity contribution in [2.45, 2.75) is 25.9 Å². The van der Waals surface area contributed by atoms with E-state index < -0.39 is 0 Å². The molecule has 0 bridgehead atoms. The largest absolute Gasteiger partial charge is 0.465 e. The number of aryl methyl sites for hydroxylation is 1. The second-order valence-electron chi connectivity index (χ2n) is 7.15. The zero-order valence-electron chi connectivity index (χ0n) is 17.0. The van der Waals surface area contributed by atoms with Crippen molar-refractivity contribution < 1.29 is 9.53 Å². The van der Waals surface area contributed by atoms with Gasteiger partial charge in [-0.15, -0.1) is 0 Å². The van der Waals surface area contributed by atoms with Crippen LogP contribution in [0.4, 0.5) is 0 Å². The molecule has 7 heteroatoms. The Bertz CT molecular complexity index is 1050. The number of ether oxygens (including phenoxy) is 1. The number of hydrogen-bond donors (Lipinski definition) is 1. The van der Waals surface area contributed by atoms with Gasteiger partial charge in [0.25, 0.3) is 0 Å². The Morgan fingerprint density at radius 3 is 2.70 bits per heavy atom. The fourth-order valence-corrected chi connectivity index (χ4v) is 4.24. The molecule has 2 aromatic heterocycles. The van der Waals surface area contributed by atoms with Gasteiger partial charge in [-0.05, 0) is 62.0 Å². The minimum atomic E-state index is -0.303. The highest BCUT2D eigenvalue weighted by atomic mass is 32.1. The van der Waals surface area contributed by atoms with Gasteiger partial charge in [0.1, 0.15) is 6.54 Å². The number of benzene rings is 1. The standard InChI is InChI=1S/C23H24N4O2S/c1-3-29-20(28)15-27-22(21(25-23(27)30)17-10-6-7-13-24-17)19-12-8-14-26(19)18-11-5-4-9-16(18)2/h4-14,21-22H,3,15H2,1-2H3,(H,25,30). The predicted molar refractivity (Wildman–Crippen MR) is 119 cm³/mol. The van der Waals surface area contributed by atoms with Gasteiger partial charge in [0.2, 0.25) is 0 Å². The highest BCUT2D eigenvalue weighted by Crippen LogP contribution is 2.39. The van der Waals surface area contributed by atoms with E-state index >= 15 is 0 Å². The summed E-state index contributed by atoms with van der Waals surface area (Å²) in [6, 6.07) is 17.7. The van der Waals surface area contributed by atoms with Crippen LogP contribution in [0.15, 0.2) is 67.0 Å². The van der Waals surface area contributed by atoms with E-state index in [9.17, 15) is 4.79 Å². The number of hydrogen-bond acceptors (Lipinski definition) is 4. The molecule has 2 unspecified atom stereocenters. The van der Waals surface area contributed by atoms with Crippen LogP contribution in [0.25, 0.3) is 5.69 Å². The average Bonchev–Trinajstić information content (AvgIpc) is 3.34. The van der Waals surface area contributed by atoms with E-state index in [0.717, 1.165) is 22.6 Å². The van der Waals surface area contributed by atoms with E-state index in [1.165, 1.54) is 0 Å². The van der Waals surface area contributed by atoms with E-state index in [2.05, 4.69) is 40.0 Å². The Kier molecular flexibility index (Phi) is 5.81. The Morgan fingerprint density at radius 2 is 1.97 bits per heavy atom. The van der Waals surface area contributed by atoms with Crippen molar-refractivity contribution in [2.24, 2.45) is 0 Å². The summed E-state index contributed by atoms with van der Waals surface area (Å²) in [5.74, 6) is -0.303. The molecule has 3 heterocycles. The van der Waals surface area contributed by atoms with Gasteiger partial charge >= 0.3 is 5.97 Å². The highest BCUT2D eigenvalue weighted by molar-refractivity contribution is 7.80. The first-order chi connectivity index (χ1) is 14.6. The summed E-state index contributed by atoms with van der Waals surface area (Å²) in [5, 5.41) is 3.89.